The predicted molar refractivity (Wildman–Crippen MR) is 79.2 cm³/mol. The molecule has 1 aliphatic rings. The van der Waals surface area contributed by atoms with Crippen LogP contribution in [0.15, 0.2) is 24.3 Å². The van der Waals surface area contributed by atoms with Crippen LogP contribution in [-0.4, -0.2) is 19.0 Å². The molecular formula is C16H21N3O. The van der Waals surface area contributed by atoms with E-state index in [1.165, 1.54) is 12.8 Å². The van der Waals surface area contributed by atoms with E-state index in [1.54, 1.807) is 0 Å². The fourth-order valence-corrected chi connectivity index (χ4v) is 2.53. The van der Waals surface area contributed by atoms with Gasteiger partial charge in [0.25, 0.3) is 0 Å². The first kappa shape index (κ1) is 14.5. The van der Waals surface area contributed by atoms with Gasteiger partial charge in [-0.3, -0.25) is 4.79 Å². The van der Waals surface area contributed by atoms with Crippen LogP contribution < -0.4 is 10.6 Å². The second-order valence-corrected chi connectivity index (χ2v) is 5.33. The molecule has 1 fully saturated rings. The first-order chi connectivity index (χ1) is 9.78. The smallest absolute Gasteiger partial charge is 0.224 e. The van der Waals surface area contributed by atoms with Gasteiger partial charge in [0.2, 0.25) is 5.91 Å². The molecule has 1 aromatic carbocycles. The van der Waals surface area contributed by atoms with Crippen LogP contribution in [0.5, 0.6) is 0 Å². The molecule has 106 valence electrons. The van der Waals surface area contributed by atoms with E-state index in [1.807, 2.05) is 24.3 Å². The zero-order valence-corrected chi connectivity index (χ0v) is 11.7. The molecule has 0 aliphatic carbocycles. The second-order valence-electron chi connectivity index (χ2n) is 5.33. The summed E-state index contributed by atoms with van der Waals surface area (Å²) in [5.41, 5.74) is 1.78. The molecule has 0 spiro atoms. The maximum Gasteiger partial charge on any atom is 0.224 e. The molecule has 2 N–H and O–H groups in total. The Labute approximate surface area is 120 Å². The molecule has 0 saturated carbocycles. The molecule has 1 saturated heterocycles. The van der Waals surface area contributed by atoms with Gasteiger partial charge in [-0.1, -0.05) is 12.1 Å². The van der Waals surface area contributed by atoms with Crippen molar-refractivity contribution in [1.29, 1.82) is 5.26 Å². The monoisotopic (exact) mass is 271 g/mol. The van der Waals surface area contributed by atoms with Crippen molar-refractivity contribution in [2.45, 2.75) is 32.1 Å². The Balaban J connectivity index is 1.74. The number of benzene rings is 1. The van der Waals surface area contributed by atoms with Gasteiger partial charge in [-0.25, -0.2) is 0 Å². The van der Waals surface area contributed by atoms with Crippen molar-refractivity contribution in [3.8, 4) is 6.07 Å². The average molecular weight is 271 g/mol. The number of carbonyl (C=O) groups excluding carboxylic acids is 1. The summed E-state index contributed by atoms with van der Waals surface area (Å²) in [5.74, 6) is 0.705. The first-order valence-electron chi connectivity index (χ1n) is 7.24. The summed E-state index contributed by atoms with van der Waals surface area (Å²) < 4.78 is 0. The van der Waals surface area contributed by atoms with Gasteiger partial charge in [-0.15, -0.1) is 0 Å². The Bertz CT molecular complexity index is 469. The van der Waals surface area contributed by atoms with Crippen LogP contribution in [0.25, 0.3) is 0 Å². The zero-order chi connectivity index (χ0) is 14.2. The normalized spacial score (nSPS) is 18.2. The van der Waals surface area contributed by atoms with Crippen LogP contribution >= 0.6 is 0 Å². The van der Waals surface area contributed by atoms with Crippen LogP contribution in [0.4, 0.5) is 5.69 Å². The quantitative estimate of drug-likeness (QED) is 0.864. The lowest BCUT2D eigenvalue weighted by Crippen LogP contribution is -2.30. The third kappa shape index (κ3) is 4.67. The van der Waals surface area contributed by atoms with Crippen LogP contribution in [-0.2, 0) is 11.2 Å². The minimum atomic E-state index is 0.0728. The van der Waals surface area contributed by atoms with Crippen LogP contribution in [0.2, 0.25) is 0 Å². The van der Waals surface area contributed by atoms with Crippen molar-refractivity contribution >= 4 is 11.6 Å². The lowest BCUT2D eigenvalue weighted by molar-refractivity contribution is -0.116. The lowest BCUT2D eigenvalue weighted by atomic mass is 9.94. The number of anilines is 1. The van der Waals surface area contributed by atoms with E-state index in [4.69, 9.17) is 5.26 Å². The highest BCUT2D eigenvalue weighted by atomic mass is 16.1. The van der Waals surface area contributed by atoms with Gasteiger partial charge in [-0.05, 0) is 56.0 Å². The van der Waals surface area contributed by atoms with Crippen molar-refractivity contribution in [2.24, 2.45) is 5.92 Å². The largest absolute Gasteiger partial charge is 0.326 e. The molecule has 1 heterocycles. The predicted octanol–water partition coefficient (Wildman–Crippen LogP) is 2.47. The number of amides is 1. The van der Waals surface area contributed by atoms with Gasteiger partial charge in [0.15, 0.2) is 0 Å². The minimum absolute atomic E-state index is 0.0728. The van der Waals surface area contributed by atoms with Gasteiger partial charge < -0.3 is 10.6 Å². The number of carbonyl (C=O) groups is 1. The Morgan fingerprint density at radius 1 is 1.40 bits per heavy atom. The molecule has 4 heteroatoms. The molecule has 1 atom stereocenters. The van der Waals surface area contributed by atoms with Crippen molar-refractivity contribution < 1.29 is 4.79 Å². The Kier molecular flexibility index (Phi) is 5.57. The van der Waals surface area contributed by atoms with Crippen LogP contribution in [0, 0.1) is 17.2 Å². The van der Waals surface area contributed by atoms with Gasteiger partial charge in [-0.2, -0.15) is 5.26 Å². The molecule has 1 amide bonds. The maximum absolute atomic E-state index is 11.9. The van der Waals surface area contributed by atoms with Crippen molar-refractivity contribution in [3.63, 3.8) is 0 Å². The van der Waals surface area contributed by atoms with Crippen molar-refractivity contribution in [1.82, 2.24) is 5.32 Å². The zero-order valence-electron chi connectivity index (χ0n) is 11.7. The first-order valence-corrected chi connectivity index (χ1v) is 7.24. The Hall–Kier alpha value is -1.86. The second kappa shape index (κ2) is 7.66. The van der Waals surface area contributed by atoms with Crippen molar-refractivity contribution in [3.05, 3.63) is 29.8 Å². The summed E-state index contributed by atoms with van der Waals surface area (Å²) in [4.78, 5) is 11.9. The topological polar surface area (TPSA) is 64.9 Å². The number of hydrogen-bond acceptors (Lipinski definition) is 3. The number of nitrogens with zero attached hydrogens (tertiary/aromatic N) is 1. The standard InChI is InChI=1S/C16H21N3O/c17-10-9-13-3-6-15(7-4-13)19-16(20)8-5-14-2-1-11-18-12-14/h3-4,6-7,14,18H,1-2,5,8-9,11-12H2,(H,19,20). The fourth-order valence-electron chi connectivity index (χ4n) is 2.53. The summed E-state index contributed by atoms with van der Waals surface area (Å²) in [5, 5.41) is 14.9. The van der Waals surface area contributed by atoms with E-state index in [0.29, 0.717) is 18.8 Å². The SMILES string of the molecule is N#CCc1ccc(NC(=O)CCC2CCCNC2)cc1. The molecule has 0 radical (unpaired) electrons. The molecule has 1 aliphatic heterocycles. The van der Waals surface area contributed by atoms with E-state index in [2.05, 4.69) is 16.7 Å². The Morgan fingerprint density at radius 2 is 2.20 bits per heavy atom. The van der Waals surface area contributed by atoms with E-state index in [0.717, 1.165) is 30.8 Å². The summed E-state index contributed by atoms with van der Waals surface area (Å²) in [6.45, 7) is 2.15. The van der Waals surface area contributed by atoms with Crippen molar-refractivity contribution in [2.75, 3.05) is 18.4 Å². The summed E-state index contributed by atoms with van der Waals surface area (Å²) >= 11 is 0. The minimum Gasteiger partial charge on any atom is -0.326 e. The number of hydrogen-bond donors (Lipinski definition) is 2. The molecule has 1 unspecified atom stereocenters. The Morgan fingerprint density at radius 3 is 2.85 bits per heavy atom. The number of nitriles is 1. The molecule has 0 aromatic heterocycles. The van der Waals surface area contributed by atoms with Crippen LogP contribution in [0.1, 0.15) is 31.2 Å². The molecule has 2 rings (SSSR count). The van der Waals surface area contributed by atoms with E-state index in [9.17, 15) is 4.79 Å². The van der Waals surface area contributed by atoms with E-state index in [-0.39, 0.29) is 5.91 Å². The molecule has 4 nitrogen and oxygen atoms in total. The summed E-state index contributed by atoms with van der Waals surface area (Å²) in [6, 6.07) is 9.57. The van der Waals surface area contributed by atoms with Gasteiger partial charge in [0.1, 0.15) is 0 Å². The summed E-state index contributed by atoms with van der Waals surface area (Å²) in [7, 11) is 0. The molecule has 20 heavy (non-hydrogen) atoms. The van der Waals surface area contributed by atoms with Gasteiger partial charge in [0.05, 0.1) is 12.5 Å². The van der Waals surface area contributed by atoms with Gasteiger partial charge >= 0.3 is 0 Å². The van der Waals surface area contributed by atoms with E-state index < -0.39 is 0 Å². The number of piperidine rings is 1. The summed E-state index contributed by atoms with van der Waals surface area (Å²) in [6.07, 6.45) is 4.37. The highest BCUT2D eigenvalue weighted by Crippen LogP contribution is 2.17. The van der Waals surface area contributed by atoms with E-state index >= 15 is 0 Å². The highest BCUT2D eigenvalue weighted by Gasteiger charge is 2.14. The molecule has 1 aromatic rings. The number of rotatable bonds is 5. The third-order valence-electron chi connectivity index (χ3n) is 3.70. The average Bonchev–Trinajstić information content (AvgIpc) is 2.49. The number of nitrogens with one attached hydrogen (secondary N) is 2. The highest BCUT2D eigenvalue weighted by molar-refractivity contribution is 5.90. The maximum atomic E-state index is 11.9. The molecular weight excluding hydrogens is 250 g/mol. The van der Waals surface area contributed by atoms with Gasteiger partial charge in [0, 0.05) is 12.1 Å². The van der Waals surface area contributed by atoms with Crippen LogP contribution in [0.3, 0.4) is 0 Å². The third-order valence-corrected chi connectivity index (χ3v) is 3.70. The molecule has 0 bridgehead atoms. The lowest BCUT2D eigenvalue weighted by Gasteiger charge is -2.22. The fraction of sp³-hybridized carbons (Fsp3) is 0.500.